The number of nitrogens with zero attached hydrogens (tertiary/aromatic N) is 1. The third-order valence-corrected chi connectivity index (χ3v) is 4.26. The predicted octanol–water partition coefficient (Wildman–Crippen LogP) is 3.19. The number of ether oxygens (including phenoxy) is 2. The van der Waals surface area contributed by atoms with E-state index in [2.05, 4.69) is 5.32 Å². The molecule has 0 atom stereocenters. The molecule has 0 spiro atoms. The summed E-state index contributed by atoms with van der Waals surface area (Å²) < 4.78 is 11.0. The lowest BCUT2D eigenvalue weighted by molar-refractivity contribution is 0.0774. The van der Waals surface area contributed by atoms with Crippen LogP contribution in [0.4, 0.5) is 5.69 Å². The van der Waals surface area contributed by atoms with Gasteiger partial charge in [0.1, 0.15) is 13.2 Å². The Balaban J connectivity index is 1.83. The number of rotatable bonds is 5. The Morgan fingerprint density at radius 1 is 1.00 bits per heavy atom. The van der Waals surface area contributed by atoms with Crippen LogP contribution in [0.15, 0.2) is 42.5 Å². The molecular weight excluding hydrogens is 332 g/mol. The number of carbonyl (C=O) groups is 2. The molecule has 0 bridgehead atoms. The third-order valence-electron chi connectivity index (χ3n) is 4.26. The normalized spacial score (nSPS) is 12.4. The van der Waals surface area contributed by atoms with Gasteiger partial charge in [0.2, 0.25) is 0 Å². The largest absolute Gasteiger partial charge is 0.486 e. The minimum absolute atomic E-state index is 0.104. The number of carbonyl (C=O) groups excluding carboxylic acids is 2. The van der Waals surface area contributed by atoms with Crippen molar-refractivity contribution in [3.05, 3.63) is 53.6 Å². The lowest BCUT2D eigenvalue weighted by Crippen LogP contribution is -2.31. The maximum Gasteiger partial charge on any atom is 0.255 e. The molecule has 1 aliphatic heterocycles. The highest BCUT2D eigenvalue weighted by molar-refractivity contribution is 6.09. The zero-order valence-electron chi connectivity index (χ0n) is 15.0. The van der Waals surface area contributed by atoms with Crippen molar-refractivity contribution in [3.63, 3.8) is 0 Å². The van der Waals surface area contributed by atoms with Crippen LogP contribution < -0.4 is 14.8 Å². The van der Waals surface area contributed by atoms with E-state index in [4.69, 9.17) is 9.47 Å². The number of hydrogen-bond donors (Lipinski definition) is 1. The average molecular weight is 354 g/mol. The highest BCUT2D eigenvalue weighted by Crippen LogP contribution is 2.31. The van der Waals surface area contributed by atoms with E-state index in [9.17, 15) is 9.59 Å². The standard InChI is InChI=1S/C20H22N2O4/c1-3-22(4-2)20(24)15-7-5-6-8-16(15)21-19(23)14-9-10-17-18(13-14)26-12-11-25-17/h5-10,13H,3-4,11-12H2,1-2H3,(H,21,23). The zero-order chi connectivity index (χ0) is 18.5. The van der Waals surface area contributed by atoms with Gasteiger partial charge in [0.25, 0.3) is 11.8 Å². The molecule has 1 N–H and O–H groups in total. The molecule has 0 radical (unpaired) electrons. The molecule has 3 rings (SSSR count). The summed E-state index contributed by atoms with van der Waals surface area (Å²) in [7, 11) is 0. The van der Waals surface area contributed by atoms with Crippen molar-refractivity contribution < 1.29 is 19.1 Å². The third kappa shape index (κ3) is 3.64. The topological polar surface area (TPSA) is 67.9 Å². The summed E-state index contributed by atoms with van der Waals surface area (Å²) in [5.74, 6) is 0.774. The maximum atomic E-state index is 12.7. The number of benzene rings is 2. The van der Waals surface area contributed by atoms with E-state index in [1.807, 2.05) is 13.8 Å². The Morgan fingerprint density at radius 2 is 1.69 bits per heavy atom. The Kier molecular flexibility index (Phi) is 5.41. The summed E-state index contributed by atoms with van der Waals surface area (Å²) in [6.45, 7) is 6.04. The SMILES string of the molecule is CCN(CC)C(=O)c1ccccc1NC(=O)c1ccc2c(c1)OCCO2. The van der Waals surface area contributed by atoms with Gasteiger partial charge in [0.15, 0.2) is 11.5 Å². The molecule has 136 valence electrons. The monoisotopic (exact) mass is 354 g/mol. The van der Waals surface area contributed by atoms with Gasteiger partial charge >= 0.3 is 0 Å². The van der Waals surface area contributed by atoms with E-state index in [-0.39, 0.29) is 11.8 Å². The quantitative estimate of drug-likeness (QED) is 0.895. The van der Waals surface area contributed by atoms with Crippen molar-refractivity contribution in [2.45, 2.75) is 13.8 Å². The highest BCUT2D eigenvalue weighted by atomic mass is 16.6. The fourth-order valence-electron chi connectivity index (χ4n) is 2.84. The molecule has 2 aromatic rings. The number of anilines is 1. The molecule has 0 saturated carbocycles. The van der Waals surface area contributed by atoms with Gasteiger partial charge in [-0.1, -0.05) is 12.1 Å². The predicted molar refractivity (Wildman–Crippen MR) is 99.1 cm³/mol. The Hall–Kier alpha value is -3.02. The number of para-hydroxylation sites is 1. The van der Waals surface area contributed by atoms with Crippen LogP contribution in [0.25, 0.3) is 0 Å². The minimum Gasteiger partial charge on any atom is -0.486 e. The summed E-state index contributed by atoms with van der Waals surface area (Å²) >= 11 is 0. The molecule has 1 aliphatic rings. The molecule has 1 heterocycles. The molecule has 2 amide bonds. The van der Waals surface area contributed by atoms with Crippen molar-refractivity contribution in [2.24, 2.45) is 0 Å². The van der Waals surface area contributed by atoms with E-state index in [1.54, 1.807) is 47.4 Å². The second-order valence-corrected chi connectivity index (χ2v) is 5.84. The number of nitrogens with one attached hydrogen (secondary N) is 1. The summed E-state index contributed by atoms with van der Waals surface area (Å²) in [5.41, 5.74) is 1.41. The summed E-state index contributed by atoms with van der Waals surface area (Å²) in [5, 5.41) is 2.83. The van der Waals surface area contributed by atoms with Crippen molar-refractivity contribution in [1.29, 1.82) is 0 Å². The molecule has 6 heteroatoms. The van der Waals surface area contributed by atoms with E-state index < -0.39 is 0 Å². The first-order chi connectivity index (χ1) is 12.6. The Bertz CT molecular complexity index is 815. The maximum absolute atomic E-state index is 12.7. The van der Waals surface area contributed by atoms with E-state index in [1.165, 1.54) is 0 Å². The van der Waals surface area contributed by atoms with Gasteiger partial charge in [-0.2, -0.15) is 0 Å². The lowest BCUT2D eigenvalue weighted by atomic mass is 10.1. The average Bonchev–Trinajstić information content (AvgIpc) is 2.68. The lowest BCUT2D eigenvalue weighted by Gasteiger charge is -2.21. The van der Waals surface area contributed by atoms with Crippen molar-refractivity contribution >= 4 is 17.5 Å². The van der Waals surface area contributed by atoms with E-state index >= 15 is 0 Å². The van der Waals surface area contributed by atoms with E-state index in [0.29, 0.717) is 54.6 Å². The van der Waals surface area contributed by atoms with Crippen molar-refractivity contribution in [2.75, 3.05) is 31.6 Å². The van der Waals surface area contributed by atoms with Gasteiger partial charge in [-0.05, 0) is 44.2 Å². The minimum atomic E-state index is -0.304. The second kappa shape index (κ2) is 7.91. The van der Waals surface area contributed by atoms with Gasteiger partial charge in [-0.25, -0.2) is 0 Å². The van der Waals surface area contributed by atoms with Gasteiger partial charge in [0, 0.05) is 18.7 Å². The van der Waals surface area contributed by atoms with Gasteiger partial charge in [0.05, 0.1) is 11.3 Å². The van der Waals surface area contributed by atoms with Gasteiger partial charge < -0.3 is 19.7 Å². The number of fused-ring (bicyclic) bond motifs is 1. The Labute approximate surface area is 152 Å². The van der Waals surface area contributed by atoms with Crippen LogP contribution in [0.5, 0.6) is 11.5 Å². The first kappa shape index (κ1) is 17.8. The number of amides is 2. The summed E-state index contributed by atoms with van der Waals surface area (Å²) in [6.07, 6.45) is 0. The summed E-state index contributed by atoms with van der Waals surface area (Å²) in [6, 6.07) is 12.1. The molecular formula is C20H22N2O4. The zero-order valence-corrected chi connectivity index (χ0v) is 15.0. The molecule has 0 saturated heterocycles. The van der Waals surface area contributed by atoms with Gasteiger partial charge in [-0.15, -0.1) is 0 Å². The fourth-order valence-corrected chi connectivity index (χ4v) is 2.84. The highest BCUT2D eigenvalue weighted by Gasteiger charge is 2.19. The molecule has 0 unspecified atom stereocenters. The molecule has 6 nitrogen and oxygen atoms in total. The second-order valence-electron chi connectivity index (χ2n) is 5.84. The van der Waals surface area contributed by atoms with Crippen LogP contribution in [0.1, 0.15) is 34.6 Å². The van der Waals surface area contributed by atoms with Crippen LogP contribution in [-0.4, -0.2) is 43.0 Å². The molecule has 0 aromatic heterocycles. The van der Waals surface area contributed by atoms with Crippen LogP contribution in [0.3, 0.4) is 0 Å². The fraction of sp³-hybridized carbons (Fsp3) is 0.300. The molecule has 0 aliphatic carbocycles. The first-order valence-corrected chi connectivity index (χ1v) is 8.73. The smallest absolute Gasteiger partial charge is 0.255 e. The van der Waals surface area contributed by atoms with Crippen molar-refractivity contribution in [1.82, 2.24) is 4.90 Å². The van der Waals surface area contributed by atoms with Crippen molar-refractivity contribution in [3.8, 4) is 11.5 Å². The van der Waals surface area contributed by atoms with Crippen LogP contribution >= 0.6 is 0 Å². The van der Waals surface area contributed by atoms with Crippen LogP contribution in [-0.2, 0) is 0 Å². The molecule has 0 fully saturated rings. The van der Waals surface area contributed by atoms with Crippen LogP contribution in [0.2, 0.25) is 0 Å². The number of hydrogen-bond acceptors (Lipinski definition) is 4. The van der Waals surface area contributed by atoms with E-state index in [0.717, 1.165) is 0 Å². The first-order valence-electron chi connectivity index (χ1n) is 8.73. The Morgan fingerprint density at radius 3 is 2.42 bits per heavy atom. The molecule has 26 heavy (non-hydrogen) atoms. The van der Waals surface area contributed by atoms with Gasteiger partial charge in [-0.3, -0.25) is 9.59 Å². The molecule has 2 aromatic carbocycles. The summed E-state index contributed by atoms with van der Waals surface area (Å²) in [4.78, 5) is 27.0. The van der Waals surface area contributed by atoms with Crippen LogP contribution in [0, 0.1) is 0 Å².